The van der Waals surface area contributed by atoms with Gasteiger partial charge in [-0.15, -0.1) is 0 Å². The standard InChI is InChI=1S/C21H19NO5/c1-4-25-19-12-15(7-10-18(19)26-14(3)23)11-17-21(24)27-20(22-17)16-8-5-13(2)6-9-16/h5-12H,4H2,1-3H3/b17-11-. The average molecular weight is 365 g/mol. The Morgan fingerprint density at radius 1 is 1.15 bits per heavy atom. The van der Waals surface area contributed by atoms with Crippen molar-refractivity contribution in [1.29, 1.82) is 0 Å². The van der Waals surface area contributed by atoms with E-state index in [0.29, 0.717) is 23.7 Å². The van der Waals surface area contributed by atoms with Gasteiger partial charge in [-0.25, -0.2) is 9.79 Å². The van der Waals surface area contributed by atoms with Gasteiger partial charge in [-0.1, -0.05) is 23.8 Å². The smallest absolute Gasteiger partial charge is 0.363 e. The van der Waals surface area contributed by atoms with Crippen molar-refractivity contribution in [2.75, 3.05) is 6.61 Å². The van der Waals surface area contributed by atoms with Crippen LogP contribution in [0, 0.1) is 6.92 Å². The van der Waals surface area contributed by atoms with Crippen LogP contribution in [-0.4, -0.2) is 24.4 Å². The van der Waals surface area contributed by atoms with Crippen LogP contribution < -0.4 is 9.47 Å². The zero-order valence-electron chi connectivity index (χ0n) is 15.3. The Morgan fingerprint density at radius 3 is 2.56 bits per heavy atom. The quantitative estimate of drug-likeness (QED) is 0.459. The molecule has 0 amide bonds. The van der Waals surface area contributed by atoms with Gasteiger partial charge >= 0.3 is 11.9 Å². The third kappa shape index (κ3) is 4.41. The highest BCUT2D eigenvalue weighted by atomic mass is 16.6. The van der Waals surface area contributed by atoms with Gasteiger partial charge in [0.05, 0.1) is 6.61 Å². The van der Waals surface area contributed by atoms with Gasteiger partial charge in [-0.3, -0.25) is 4.79 Å². The van der Waals surface area contributed by atoms with E-state index >= 15 is 0 Å². The summed E-state index contributed by atoms with van der Waals surface area (Å²) in [6, 6.07) is 12.6. The minimum absolute atomic E-state index is 0.188. The first-order chi connectivity index (χ1) is 13.0. The topological polar surface area (TPSA) is 74.2 Å². The van der Waals surface area contributed by atoms with E-state index in [9.17, 15) is 9.59 Å². The zero-order valence-corrected chi connectivity index (χ0v) is 15.3. The number of hydrogen-bond acceptors (Lipinski definition) is 6. The Bertz CT molecular complexity index is 942. The highest BCUT2D eigenvalue weighted by Crippen LogP contribution is 2.30. The van der Waals surface area contributed by atoms with Gasteiger partial charge < -0.3 is 14.2 Å². The third-order valence-corrected chi connectivity index (χ3v) is 3.74. The SMILES string of the molecule is CCOc1cc(/C=C2\N=C(c3ccc(C)cc3)OC2=O)ccc1OC(C)=O. The molecule has 0 atom stereocenters. The summed E-state index contributed by atoms with van der Waals surface area (Å²) >= 11 is 0. The zero-order chi connectivity index (χ0) is 19.4. The highest BCUT2D eigenvalue weighted by Gasteiger charge is 2.24. The molecule has 0 saturated carbocycles. The van der Waals surface area contributed by atoms with E-state index in [4.69, 9.17) is 14.2 Å². The van der Waals surface area contributed by atoms with Gasteiger partial charge in [0, 0.05) is 12.5 Å². The monoisotopic (exact) mass is 365 g/mol. The second-order valence-corrected chi connectivity index (χ2v) is 5.93. The molecule has 0 saturated heterocycles. The van der Waals surface area contributed by atoms with E-state index in [0.717, 1.165) is 11.1 Å². The molecule has 1 aliphatic rings. The van der Waals surface area contributed by atoms with Crippen molar-refractivity contribution in [2.45, 2.75) is 20.8 Å². The Balaban J connectivity index is 1.91. The van der Waals surface area contributed by atoms with E-state index in [2.05, 4.69) is 4.99 Å². The Morgan fingerprint density at radius 2 is 1.89 bits per heavy atom. The van der Waals surface area contributed by atoms with Gasteiger partial charge in [0.25, 0.3) is 0 Å². The number of carbonyl (C=O) groups is 2. The number of aliphatic imine (C=N–C) groups is 1. The molecule has 2 aromatic rings. The number of hydrogen-bond donors (Lipinski definition) is 0. The predicted molar refractivity (Wildman–Crippen MR) is 101 cm³/mol. The van der Waals surface area contributed by atoms with Crippen molar-refractivity contribution in [2.24, 2.45) is 4.99 Å². The maximum atomic E-state index is 12.1. The number of nitrogens with zero attached hydrogens (tertiary/aromatic N) is 1. The lowest BCUT2D eigenvalue weighted by Gasteiger charge is -2.10. The van der Waals surface area contributed by atoms with E-state index in [1.807, 2.05) is 38.1 Å². The summed E-state index contributed by atoms with van der Waals surface area (Å²) in [5.74, 6) is 0.0506. The number of aryl methyl sites for hydroxylation is 1. The third-order valence-electron chi connectivity index (χ3n) is 3.74. The lowest BCUT2D eigenvalue weighted by Crippen LogP contribution is -2.05. The lowest BCUT2D eigenvalue weighted by atomic mass is 10.1. The van der Waals surface area contributed by atoms with Crippen LogP contribution in [0.2, 0.25) is 0 Å². The van der Waals surface area contributed by atoms with E-state index in [1.54, 1.807) is 24.3 Å². The van der Waals surface area contributed by atoms with Crippen molar-refractivity contribution in [3.05, 3.63) is 64.9 Å². The molecule has 0 fully saturated rings. The molecule has 6 nitrogen and oxygen atoms in total. The fourth-order valence-electron chi connectivity index (χ4n) is 2.51. The molecule has 27 heavy (non-hydrogen) atoms. The molecule has 0 unspecified atom stereocenters. The first kappa shape index (κ1) is 18.4. The number of cyclic esters (lactones) is 1. The van der Waals surface area contributed by atoms with Crippen LogP contribution in [0.3, 0.4) is 0 Å². The van der Waals surface area contributed by atoms with Crippen LogP contribution in [-0.2, 0) is 14.3 Å². The molecule has 0 spiro atoms. The van der Waals surface area contributed by atoms with Gasteiger partial charge in [0.1, 0.15) is 0 Å². The van der Waals surface area contributed by atoms with E-state index in [-0.39, 0.29) is 11.6 Å². The normalized spacial score (nSPS) is 14.7. The maximum Gasteiger partial charge on any atom is 0.363 e. The number of benzene rings is 2. The summed E-state index contributed by atoms with van der Waals surface area (Å²) in [4.78, 5) is 27.6. The van der Waals surface area contributed by atoms with Crippen molar-refractivity contribution in [1.82, 2.24) is 0 Å². The summed E-state index contributed by atoms with van der Waals surface area (Å²) in [6.07, 6.45) is 1.60. The maximum absolute atomic E-state index is 12.1. The summed E-state index contributed by atoms with van der Waals surface area (Å²) in [5, 5.41) is 0. The average Bonchev–Trinajstić information content (AvgIpc) is 2.98. The molecule has 0 bridgehead atoms. The van der Waals surface area contributed by atoms with Crippen molar-refractivity contribution < 1.29 is 23.8 Å². The van der Waals surface area contributed by atoms with Crippen LogP contribution in [0.1, 0.15) is 30.5 Å². The summed E-state index contributed by atoms with van der Waals surface area (Å²) in [6.45, 7) is 5.54. The molecule has 6 heteroatoms. The van der Waals surface area contributed by atoms with Gasteiger partial charge in [-0.2, -0.15) is 0 Å². The predicted octanol–water partition coefficient (Wildman–Crippen LogP) is 3.66. The first-order valence-corrected chi connectivity index (χ1v) is 8.51. The molecule has 0 radical (unpaired) electrons. The largest absolute Gasteiger partial charge is 0.490 e. The fourth-order valence-corrected chi connectivity index (χ4v) is 2.51. The van der Waals surface area contributed by atoms with Crippen LogP contribution >= 0.6 is 0 Å². The van der Waals surface area contributed by atoms with E-state index < -0.39 is 11.9 Å². The van der Waals surface area contributed by atoms with Crippen molar-refractivity contribution >= 4 is 23.9 Å². The second-order valence-electron chi connectivity index (χ2n) is 5.93. The molecule has 0 aromatic heterocycles. The Hall–Kier alpha value is -3.41. The molecule has 1 heterocycles. The molecule has 2 aromatic carbocycles. The summed E-state index contributed by atoms with van der Waals surface area (Å²) < 4.78 is 15.9. The molecular formula is C21H19NO5. The van der Waals surface area contributed by atoms with Gasteiger partial charge in [0.15, 0.2) is 17.2 Å². The molecular weight excluding hydrogens is 346 g/mol. The molecule has 0 aliphatic carbocycles. The lowest BCUT2D eigenvalue weighted by molar-refractivity contribution is -0.132. The minimum atomic E-state index is -0.521. The minimum Gasteiger partial charge on any atom is -0.490 e. The number of ether oxygens (including phenoxy) is 3. The number of carbonyl (C=O) groups excluding carboxylic acids is 2. The van der Waals surface area contributed by atoms with Crippen molar-refractivity contribution in [3.63, 3.8) is 0 Å². The Kier molecular flexibility index (Phi) is 5.35. The number of esters is 2. The van der Waals surface area contributed by atoms with Crippen LogP contribution in [0.4, 0.5) is 0 Å². The number of rotatable bonds is 5. The highest BCUT2D eigenvalue weighted by molar-refractivity contribution is 6.12. The second kappa shape index (κ2) is 7.86. The Labute approximate surface area is 157 Å². The fraction of sp³-hybridized carbons (Fsp3) is 0.190. The van der Waals surface area contributed by atoms with Gasteiger partial charge in [0.2, 0.25) is 5.90 Å². The van der Waals surface area contributed by atoms with Crippen LogP contribution in [0.5, 0.6) is 11.5 Å². The van der Waals surface area contributed by atoms with Crippen LogP contribution in [0.15, 0.2) is 53.2 Å². The molecule has 0 N–H and O–H groups in total. The van der Waals surface area contributed by atoms with Crippen LogP contribution in [0.25, 0.3) is 6.08 Å². The van der Waals surface area contributed by atoms with E-state index in [1.165, 1.54) is 6.92 Å². The first-order valence-electron chi connectivity index (χ1n) is 8.51. The summed E-state index contributed by atoms with van der Waals surface area (Å²) in [5.41, 5.74) is 2.71. The van der Waals surface area contributed by atoms with Crippen molar-refractivity contribution in [3.8, 4) is 11.5 Å². The molecule has 1 aliphatic heterocycles. The summed E-state index contributed by atoms with van der Waals surface area (Å²) in [7, 11) is 0. The molecule has 138 valence electrons. The van der Waals surface area contributed by atoms with Gasteiger partial charge in [-0.05, 0) is 49.8 Å². The molecule has 3 rings (SSSR count).